The van der Waals surface area contributed by atoms with Crippen LogP contribution >= 0.6 is 11.8 Å². The van der Waals surface area contributed by atoms with Gasteiger partial charge in [-0.3, -0.25) is 4.79 Å². The van der Waals surface area contributed by atoms with E-state index in [2.05, 4.69) is 5.32 Å². The van der Waals surface area contributed by atoms with Gasteiger partial charge in [-0.1, -0.05) is 30.3 Å². The number of amides is 1. The van der Waals surface area contributed by atoms with E-state index in [1.54, 1.807) is 0 Å². The van der Waals surface area contributed by atoms with E-state index in [0.717, 1.165) is 18.4 Å². The number of carbonyl (C=O) groups is 1. The van der Waals surface area contributed by atoms with Crippen LogP contribution in [0.25, 0.3) is 0 Å². The minimum Gasteiger partial charge on any atom is -0.388 e. The van der Waals surface area contributed by atoms with Gasteiger partial charge in [-0.05, 0) is 25.3 Å². The van der Waals surface area contributed by atoms with Crippen molar-refractivity contribution in [3.8, 4) is 0 Å². The fourth-order valence-corrected chi connectivity index (χ4v) is 2.51. The number of thioether (sulfide) groups is 1. The molecule has 0 radical (unpaired) electrons. The summed E-state index contributed by atoms with van der Waals surface area (Å²) in [5.74, 6) is 0.631. The molecule has 0 aromatic heterocycles. The Morgan fingerprint density at radius 3 is 2.72 bits per heavy atom. The largest absolute Gasteiger partial charge is 0.388 e. The summed E-state index contributed by atoms with van der Waals surface area (Å²) in [6, 6.07) is 9.95. The topological polar surface area (TPSA) is 49.3 Å². The first-order valence-corrected chi connectivity index (χ1v) is 7.36. The van der Waals surface area contributed by atoms with Crippen LogP contribution in [0, 0.1) is 0 Å². The minimum atomic E-state index is -0.507. The van der Waals surface area contributed by atoms with Crippen LogP contribution < -0.4 is 5.32 Å². The zero-order valence-electron chi connectivity index (χ0n) is 10.5. The van der Waals surface area contributed by atoms with Gasteiger partial charge < -0.3 is 10.4 Å². The van der Waals surface area contributed by atoms with Crippen LogP contribution in [0.1, 0.15) is 31.4 Å². The Morgan fingerprint density at radius 1 is 1.44 bits per heavy atom. The van der Waals surface area contributed by atoms with Gasteiger partial charge in [-0.15, -0.1) is 11.8 Å². The quantitative estimate of drug-likeness (QED) is 0.828. The molecule has 0 heterocycles. The van der Waals surface area contributed by atoms with Crippen LogP contribution in [0.2, 0.25) is 0 Å². The van der Waals surface area contributed by atoms with Crippen molar-refractivity contribution in [3.05, 3.63) is 35.9 Å². The summed E-state index contributed by atoms with van der Waals surface area (Å²) >= 11 is 1.50. The first kappa shape index (κ1) is 13.4. The van der Waals surface area contributed by atoms with Crippen molar-refractivity contribution >= 4 is 17.7 Å². The first-order valence-electron chi connectivity index (χ1n) is 6.32. The van der Waals surface area contributed by atoms with Crippen molar-refractivity contribution in [3.63, 3.8) is 0 Å². The van der Waals surface area contributed by atoms with Crippen LogP contribution in [-0.4, -0.2) is 28.1 Å². The van der Waals surface area contributed by atoms with Gasteiger partial charge in [0, 0.05) is 11.8 Å². The van der Waals surface area contributed by atoms with E-state index in [-0.39, 0.29) is 11.2 Å². The molecule has 98 valence electrons. The molecule has 1 saturated carbocycles. The standard InChI is InChI=1S/C14H19NO2S/c1-10(14(17)15-12-7-8-12)18-9-13(16)11-5-3-2-4-6-11/h2-6,10,12-13,16H,7-9H2,1H3,(H,15,17)/t10-,13-/m1/s1. The molecular formula is C14H19NO2S. The Morgan fingerprint density at radius 2 is 2.11 bits per heavy atom. The monoisotopic (exact) mass is 265 g/mol. The third-order valence-corrected chi connectivity index (χ3v) is 4.20. The maximum absolute atomic E-state index is 11.7. The summed E-state index contributed by atoms with van der Waals surface area (Å²) in [4.78, 5) is 11.7. The summed E-state index contributed by atoms with van der Waals surface area (Å²) in [6.07, 6.45) is 1.71. The summed E-state index contributed by atoms with van der Waals surface area (Å²) in [6.45, 7) is 1.89. The van der Waals surface area contributed by atoms with Gasteiger partial charge in [0.05, 0.1) is 11.4 Å². The third kappa shape index (κ3) is 4.03. The van der Waals surface area contributed by atoms with Gasteiger partial charge in [-0.25, -0.2) is 0 Å². The lowest BCUT2D eigenvalue weighted by Crippen LogP contribution is -2.32. The van der Waals surface area contributed by atoms with Crippen molar-refractivity contribution in [1.82, 2.24) is 5.32 Å². The summed E-state index contributed by atoms with van der Waals surface area (Å²) in [5.41, 5.74) is 0.903. The lowest BCUT2D eigenvalue weighted by atomic mass is 10.1. The maximum Gasteiger partial charge on any atom is 0.233 e. The van der Waals surface area contributed by atoms with E-state index in [1.165, 1.54) is 11.8 Å². The number of hydrogen-bond acceptors (Lipinski definition) is 3. The van der Waals surface area contributed by atoms with Gasteiger partial charge in [0.1, 0.15) is 0 Å². The van der Waals surface area contributed by atoms with E-state index >= 15 is 0 Å². The Balaban J connectivity index is 1.74. The molecule has 1 aliphatic rings. The Bertz CT molecular complexity index is 392. The third-order valence-electron chi connectivity index (χ3n) is 2.98. The second kappa shape index (κ2) is 6.25. The van der Waals surface area contributed by atoms with E-state index in [0.29, 0.717) is 11.8 Å². The SMILES string of the molecule is C[C@@H](SC[C@@H](O)c1ccccc1)C(=O)NC1CC1. The Labute approximate surface area is 112 Å². The van der Waals surface area contributed by atoms with Crippen molar-refractivity contribution in [2.45, 2.75) is 37.2 Å². The molecule has 2 atom stereocenters. The summed E-state index contributed by atoms with van der Waals surface area (Å²) < 4.78 is 0. The van der Waals surface area contributed by atoms with E-state index < -0.39 is 6.10 Å². The van der Waals surface area contributed by atoms with Gasteiger partial charge in [0.15, 0.2) is 0 Å². The van der Waals surface area contributed by atoms with E-state index in [4.69, 9.17) is 0 Å². The molecule has 1 aromatic carbocycles. The molecule has 0 saturated heterocycles. The highest BCUT2D eigenvalue weighted by molar-refractivity contribution is 8.00. The molecule has 0 aliphatic heterocycles. The lowest BCUT2D eigenvalue weighted by Gasteiger charge is -2.15. The molecule has 0 unspecified atom stereocenters. The van der Waals surface area contributed by atoms with Crippen molar-refractivity contribution in [1.29, 1.82) is 0 Å². The Hall–Kier alpha value is -1.00. The molecule has 1 aliphatic carbocycles. The maximum atomic E-state index is 11.7. The molecule has 0 bridgehead atoms. The molecule has 1 aromatic rings. The van der Waals surface area contributed by atoms with Crippen LogP contribution in [0.3, 0.4) is 0 Å². The van der Waals surface area contributed by atoms with Crippen molar-refractivity contribution in [2.24, 2.45) is 0 Å². The van der Waals surface area contributed by atoms with Crippen LogP contribution in [0.15, 0.2) is 30.3 Å². The fourth-order valence-electron chi connectivity index (χ4n) is 1.63. The fraction of sp³-hybridized carbons (Fsp3) is 0.500. The number of hydrogen-bond donors (Lipinski definition) is 2. The molecule has 2 rings (SSSR count). The minimum absolute atomic E-state index is 0.0859. The zero-order chi connectivity index (χ0) is 13.0. The average Bonchev–Trinajstić information content (AvgIpc) is 3.20. The first-order chi connectivity index (χ1) is 8.66. The van der Waals surface area contributed by atoms with Crippen LogP contribution in [0.5, 0.6) is 0 Å². The predicted molar refractivity (Wildman–Crippen MR) is 74.5 cm³/mol. The predicted octanol–water partition coefficient (Wildman–Crippen LogP) is 2.12. The second-order valence-electron chi connectivity index (χ2n) is 4.68. The normalized spacial score (nSPS) is 18.1. The summed E-state index contributed by atoms with van der Waals surface area (Å²) in [5, 5.41) is 12.9. The number of carbonyl (C=O) groups excluding carboxylic acids is 1. The lowest BCUT2D eigenvalue weighted by molar-refractivity contribution is -0.120. The average molecular weight is 265 g/mol. The molecular weight excluding hydrogens is 246 g/mol. The van der Waals surface area contributed by atoms with Gasteiger partial charge in [0.25, 0.3) is 0 Å². The van der Waals surface area contributed by atoms with Crippen molar-refractivity contribution < 1.29 is 9.90 Å². The van der Waals surface area contributed by atoms with Gasteiger partial charge >= 0.3 is 0 Å². The second-order valence-corrected chi connectivity index (χ2v) is 6.06. The highest BCUT2D eigenvalue weighted by atomic mass is 32.2. The number of aliphatic hydroxyl groups is 1. The smallest absolute Gasteiger partial charge is 0.233 e. The van der Waals surface area contributed by atoms with Gasteiger partial charge in [-0.2, -0.15) is 0 Å². The molecule has 2 N–H and O–H groups in total. The molecule has 1 fully saturated rings. The number of aliphatic hydroxyl groups excluding tert-OH is 1. The molecule has 4 heteroatoms. The molecule has 1 amide bonds. The number of rotatable bonds is 6. The van der Waals surface area contributed by atoms with Gasteiger partial charge in [0.2, 0.25) is 5.91 Å². The number of nitrogens with one attached hydrogen (secondary N) is 1. The highest BCUT2D eigenvalue weighted by Crippen LogP contribution is 2.23. The molecule has 18 heavy (non-hydrogen) atoms. The summed E-state index contributed by atoms with van der Waals surface area (Å²) in [7, 11) is 0. The zero-order valence-corrected chi connectivity index (χ0v) is 11.3. The molecule has 3 nitrogen and oxygen atoms in total. The Kier molecular flexibility index (Phi) is 4.66. The number of benzene rings is 1. The molecule has 0 spiro atoms. The van der Waals surface area contributed by atoms with Crippen molar-refractivity contribution in [2.75, 3.05) is 5.75 Å². The van der Waals surface area contributed by atoms with E-state index in [1.807, 2.05) is 37.3 Å². The highest BCUT2D eigenvalue weighted by Gasteiger charge is 2.26. The van der Waals surface area contributed by atoms with Crippen LogP contribution in [0.4, 0.5) is 0 Å². The van der Waals surface area contributed by atoms with Crippen LogP contribution in [-0.2, 0) is 4.79 Å². The van der Waals surface area contributed by atoms with E-state index in [9.17, 15) is 9.90 Å².